The van der Waals surface area contributed by atoms with Crippen LogP contribution in [0.4, 0.5) is 0 Å². The van der Waals surface area contributed by atoms with Gasteiger partial charge >= 0.3 is 5.97 Å². The zero-order valence-corrected chi connectivity index (χ0v) is 8.93. The molecular weight excluding hydrogens is 210 g/mol. The van der Waals surface area contributed by atoms with E-state index in [1.54, 1.807) is 17.8 Å². The van der Waals surface area contributed by atoms with Gasteiger partial charge in [-0.25, -0.2) is 9.78 Å². The van der Waals surface area contributed by atoms with Gasteiger partial charge in [0, 0.05) is 13.2 Å². The molecule has 1 amide bonds. The molecule has 0 aliphatic heterocycles. The summed E-state index contributed by atoms with van der Waals surface area (Å²) in [4.78, 5) is 26.6. The molecule has 0 bridgehead atoms. The molecule has 6 heteroatoms. The first-order valence-electron chi connectivity index (χ1n) is 5.07. The highest BCUT2D eigenvalue weighted by molar-refractivity contribution is 5.96. The molecular formula is C10H13N3O3. The molecule has 2 N–H and O–H groups in total. The Labute approximate surface area is 92.3 Å². The van der Waals surface area contributed by atoms with E-state index in [9.17, 15) is 9.59 Å². The number of hydrogen-bond acceptors (Lipinski definition) is 3. The smallest absolute Gasteiger partial charge is 0.329 e. The summed E-state index contributed by atoms with van der Waals surface area (Å²) in [6.45, 7) is 0. The van der Waals surface area contributed by atoms with Gasteiger partial charge in [0.25, 0.3) is 5.91 Å². The molecule has 1 aromatic heterocycles. The van der Waals surface area contributed by atoms with Gasteiger partial charge in [0.05, 0.1) is 6.33 Å². The summed E-state index contributed by atoms with van der Waals surface area (Å²) in [5.74, 6) is -1.40. The number of carboxylic acids is 1. The van der Waals surface area contributed by atoms with E-state index in [0.717, 1.165) is 6.42 Å². The fourth-order valence-corrected chi connectivity index (χ4v) is 1.73. The van der Waals surface area contributed by atoms with Gasteiger partial charge in [-0.05, 0) is 19.3 Å². The Kier molecular flexibility index (Phi) is 2.41. The van der Waals surface area contributed by atoms with Crippen LogP contribution in [0.2, 0.25) is 0 Å². The van der Waals surface area contributed by atoms with Crippen LogP contribution in [0, 0.1) is 0 Å². The molecule has 2 rings (SSSR count). The summed E-state index contributed by atoms with van der Waals surface area (Å²) in [5.41, 5.74) is -0.829. The second kappa shape index (κ2) is 3.62. The van der Waals surface area contributed by atoms with Crippen molar-refractivity contribution in [3.8, 4) is 0 Å². The maximum atomic E-state index is 11.7. The number of rotatable bonds is 3. The average Bonchev–Trinajstić information content (AvgIpc) is 2.57. The zero-order chi connectivity index (χ0) is 11.8. The van der Waals surface area contributed by atoms with Gasteiger partial charge < -0.3 is 15.0 Å². The Morgan fingerprint density at radius 3 is 2.62 bits per heavy atom. The maximum Gasteiger partial charge on any atom is 0.329 e. The quantitative estimate of drug-likeness (QED) is 0.764. The van der Waals surface area contributed by atoms with E-state index >= 15 is 0 Å². The minimum absolute atomic E-state index is 0.245. The predicted molar refractivity (Wildman–Crippen MR) is 54.9 cm³/mol. The van der Waals surface area contributed by atoms with Crippen LogP contribution >= 0.6 is 0 Å². The molecule has 0 radical (unpaired) electrons. The number of amides is 1. The van der Waals surface area contributed by atoms with Crippen LogP contribution in [-0.2, 0) is 11.8 Å². The topological polar surface area (TPSA) is 84.2 Å². The number of imidazole rings is 1. The normalized spacial score (nSPS) is 17.6. The number of carbonyl (C=O) groups excluding carboxylic acids is 1. The van der Waals surface area contributed by atoms with E-state index in [0.29, 0.717) is 12.8 Å². The lowest BCUT2D eigenvalue weighted by atomic mass is 9.76. The van der Waals surface area contributed by atoms with Gasteiger partial charge in [0.15, 0.2) is 0 Å². The van der Waals surface area contributed by atoms with Gasteiger partial charge in [-0.3, -0.25) is 4.79 Å². The Morgan fingerprint density at radius 1 is 1.56 bits per heavy atom. The fourth-order valence-electron chi connectivity index (χ4n) is 1.73. The third-order valence-corrected chi connectivity index (χ3v) is 2.91. The Hall–Kier alpha value is -1.85. The van der Waals surface area contributed by atoms with Gasteiger partial charge in [-0.2, -0.15) is 0 Å². The van der Waals surface area contributed by atoms with E-state index in [4.69, 9.17) is 5.11 Å². The third kappa shape index (κ3) is 1.66. The largest absolute Gasteiger partial charge is 0.480 e. The monoisotopic (exact) mass is 223 g/mol. The van der Waals surface area contributed by atoms with Gasteiger partial charge in [0.2, 0.25) is 0 Å². The number of aliphatic carboxylic acids is 1. The molecule has 0 aromatic carbocycles. The molecule has 86 valence electrons. The van der Waals surface area contributed by atoms with Crippen molar-refractivity contribution in [1.29, 1.82) is 0 Å². The van der Waals surface area contributed by atoms with Crippen molar-refractivity contribution in [2.24, 2.45) is 7.05 Å². The summed E-state index contributed by atoms with van der Waals surface area (Å²) in [5, 5.41) is 11.6. The number of carbonyl (C=O) groups is 2. The van der Waals surface area contributed by atoms with E-state index in [1.807, 2.05) is 0 Å². The average molecular weight is 223 g/mol. The molecule has 1 aliphatic carbocycles. The van der Waals surface area contributed by atoms with Crippen LogP contribution < -0.4 is 5.32 Å². The minimum atomic E-state index is -1.07. The molecule has 0 atom stereocenters. The van der Waals surface area contributed by atoms with E-state index in [1.165, 1.54) is 6.33 Å². The van der Waals surface area contributed by atoms with Crippen LogP contribution in [0.25, 0.3) is 0 Å². The lowest BCUT2D eigenvalue weighted by molar-refractivity contribution is -0.148. The molecule has 1 aromatic rings. The molecule has 6 nitrogen and oxygen atoms in total. The van der Waals surface area contributed by atoms with Crippen LogP contribution in [0.15, 0.2) is 12.5 Å². The molecule has 0 saturated heterocycles. The number of nitrogens with zero attached hydrogens (tertiary/aromatic N) is 2. The number of aromatic nitrogens is 2. The van der Waals surface area contributed by atoms with Crippen molar-refractivity contribution in [3.63, 3.8) is 0 Å². The Balaban J connectivity index is 2.10. The molecule has 1 fully saturated rings. The Morgan fingerprint density at radius 2 is 2.25 bits per heavy atom. The van der Waals surface area contributed by atoms with Crippen LogP contribution in [-0.4, -0.2) is 32.1 Å². The van der Waals surface area contributed by atoms with Crippen molar-refractivity contribution in [1.82, 2.24) is 14.9 Å². The number of hydrogen-bond donors (Lipinski definition) is 2. The first-order valence-corrected chi connectivity index (χ1v) is 5.07. The fraction of sp³-hybridized carbons (Fsp3) is 0.500. The van der Waals surface area contributed by atoms with Crippen molar-refractivity contribution in [2.45, 2.75) is 24.8 Å². The first kappa shape index (κ1) is 10.7. The lowest BCUT2D eigenvalue weighted by Crippen LogP contribution is -2.59. The van der Waals surface area contributed by atoms with Crippen LogP contribution in [0.3, 0.4) is 0 Å². The molecule has 0 spiro atoms. The number of aryl methyl sites for hydroxylation is 1. The second-order valence-corrected chi connectivity index (χ2v) is 4.12. The maximum absolute atomic E-state index is 11.7. The summed E-state index contributed by atoms with van der Waals surface area (Å²) < 4.78 is 1.64. The minimum Gasteiger partial charge on any atom is -0.480 e. The van der Waals surface area contributed by atoms with Gasteiger partial charge in [0.1, 0.15) is 11.2 Å². The highest BCUT2D eigenvalue weighted by atomic mass is 16.4. The van der Waals surface area contributed by atoms with Gasteiger partial charge in [-0.1, -0.05) is 0 Å². The summed E-state index contributed by atoms with van der Waals surface area (Å²) >= 11 is 0. The highest BCUT2D eigenvalue weighted by Crippen LogP contribution is 2.32. The second-order valence-electron chi connectivity index (χ2n) is 4.12. The molecule has 0 unspecified atom stereocenters. The predicted octanol–water partition coefficient (Wildman–Crippen LogP) is 0.157. The van der Waals surface area contributed by atoms with Crippen molar-refractivity contribution < 1.29 is 14.7 Å². The lowest BCUT2D eigenvalue weighted by Gasteiger charge is -2.37. The van der Waals surface area contributed by atoms with Crippen molar-refractivity contribution >= 4 is 11.9 Å². The molecule has 1 saturated carbocycles. The van der Waals surface area contributed by atoms with Crippen molar-refractivity contribution in [3.05, 3.63) is 18.2 Å². The summed E-state index contributed by atoms with van der Waals surface area (Å²) in [6, 6.07) is 0. The van der Waals surface area contributed by atoms with Crippen LogP contribution in [0.5, 0.6) is 0 Å². The zero-order valence-electron chi connectivity index (χ0n) is 8.93. The van der Waals surface area contributed by atoms with E-state index < -0.39 is 17.4 Å². The molecule has 1 aliphatic rings. The van der Waals surface area contributed by atoms with E-state index in [-0.39, 0.29) is 5.69 Å². The summed E-state index contributed by atoms with van der Waals surface area (Å²) in [6.07, 6.45) is 4.86. The van der Waals surface area contributed by atoms with Gasteiger partial charge in [-0.15, -0.1) is 0 Å². The molecule has 16 heavy (non-hydrogen) atoms. The standard InChI is InChI=1S/C10H13N3O3/c1-13-5-7(11-6-13)8(14)12-10(9(15)16)3-2-4-10/h5-6H,2-4H2,1H3,(H,12,14)(H,15,16). The van der Waals surface area contributed by atoms with Crippen molar-refractivity contribution in [2.75, 3.05) is 0 Å². The molecule has 1 heterocycles. The number of nitrogens with one attached hydrogen (secondary N) is 1. The highest BCUT2D eigenvalue weighted by Gasteiger charge is 2.45. The first-order chi connectivity index (χ1) is 7.53. The SMILES string of the molecule is Cn1cnc(C(=O)NC2(C(=O)O)CCC2)c1. The third-order valence-electron chi connectivity index (χ3n) is 2.91. The van der Waals surface area contributed by atoms with Crippen LogP contribution in [0.1, 0.15) is 29.8 Å². The summed E-state index contributed by atoms with van der Waals surface area (Å²) in [7, 11) is 1.75. The Bertz CT molecular complexity index is 434. The number of carboxylic acid groups (broad SMARTS) is 1. The van der Waals surface area contributed by atoms with E-state index in [2.05, 4.69) is 10.3 Å².